The average Bonchev–Trinajstić information content (AvgIpc) is 3.01. The van der Waals surface area contributed by atoms with Crippen LogP contribution in [0.15, 0.2) is 54.9 Å². The number of nitrogens with zero attached hydrogens (tertiary/aromatic N) is 3. The zero-order valence-corrected chi connectivity index (χ0v) is 15.2. The number of sulfone groups is 1. The van der Waals surface area contributed by atoms with Gasteiger partial charge in [0.15, 0.2) is 15.7 Å². The third-order valence-electron chi connectivity index (χ3n) is 3.62. The highest BCUT2D eigenvalue weighted by atomic mass is 32.2. The molecule has 0 bridgehead atoms. The minimum absolute atomic E-state index is 0.0476. The Morgan fingerprint density at radius 2 is 1.88 bits per heavy atom. The Balaban J connectivity index is 1.74. The molecule has 0 fully saturated rings. The van der Waals surface area contributed by atoms with Gasteiger partial charge in [0.25, 0.3) is 5.91 Å². The van der Waals surface area contributed by atoms with E-state index in [4.69, 9.17) is 0 Å². The van der Waals surface area contributed by atoms with Crippen molar-refractivity contribution in [2.75, 3.05) is 11.6 Å². The summed E-state index contributed by atoms with van der Waals surface area (Å²) in [6.07, 6.45) is 2.79. The molecule has 1 N–H and O–H groups in total. The molecule has 26 heavy (non-hydrogen) atoms. The fraction of sp³-hybridized carbons (Fsp3) is 0.167. The van der Waals surface area contributed by atoms with Gasteiger partial charge in [0.05, 0.1) is 5.75 Å². The predicted molar refractivity (Wildman–Crippen MR) is 99.4 cm³/mol. The molecular formula is C18H18N4O3S. The first-order valence-electron chi connectivity index (χ1n) is 7.84. The van der Waals surface area contributed by atoms with E-state index >= 15 is 0 Å². The van der Waals surface area contributed by atoms with Gasteiger partial charge >= 0.3 is 0 Å². The molecule has 0 aliphatic heterocycles. The number of amides is 1. The van der Waals surface area contributed by atoms with Crippen LogP contribution in [0.4, 0.5) is 5.69 Å². The molecule has 3 aromatic rings. The zero-order chi connectivity index (χ0) is 18.7. The van der Waals surface area contributed by atoms with Gasteiger partial charge in [0.1, 0.15) is 6.33 Å². The van der Waals surface area contributed by atoms with E-state index in [-0.39, 0.29) is 11.7 Å². The molecule has 0 spiro atoms. The maximum absolute atomic E-state index is 12.4. The summed E-state index contributed by atoms with van der Waals surface area (Å²) in [5.74, 6) is 0.254. The van der Waals surface area contributed by atoms with Gasteiger partial charge in [-0.1, -0.05) is 24.3 Å². The molecule has 7 nitrogen and oxygen atoms in total. The molecule has 1 heterocycles. The molecule has 0 radical (unpaired) electrons. The summed E-state index contributed by atoms with van der Waals surface area (Å²) in [6.45, 7) is 0. The highest BCUT2D eigenvalue weighted by Gasteiger charge is 2.10. The lowest BCUT2D eigenvalue weighted by Gasteiger charge is -2.07. The van der Waals surface area contributed by atoms with E-state index in [0.717, 1.165) is 5.56 Å². The SMILES string of the molecule is Cn1cnc(-c2cccc(NC(=O)c3ccc(CS(C)(=O)=O)cc3)c2)n1. The summed E-state index contributed by atoms with van der Waals surface area (Å²) < 4.78 is 24.2. The third kappa shape index (κ3) is 4.54. The Morgan fingerprint density at radius 1 is 1.15 bits per heavy atom. The van der Waals surface area contributed by atoms with Gasteiger partial charge in [-0.2, -0.15) is 5.10 Å². The van der Waals surface area contributed by atoms with Crippen LogP contribution in [0.3, 0.4) is 0 Å². The summed E-state index contributed by atoms with van der Waals surface area (Å²) in [4.78, 5) is 16.6. The van der Waals surface area contributed by atoms with Crippen molar-refractivity contribution < 1.29 is 13.2 Å². The minimum atomic E-state index is -3.10. The molecule has 8 heteroatoms. The van der Waals surface area contributed by atoms with Crippen LogP contribution in [0.25, 0.3) is 11.4 Å². The molecule has 0 aliphatic rings. The molecule has 0 aliphatic carbocycles. The van der Waals surface area contributed by atoms with Crippen molar-refractivity contribution in [3.05, 3.63) is 66.0 Å². The largest absolute Gasteiger partial charge is 0.322 e. The van der Waals surface area contributed by atoms with Crippen LogP contribution in [-0.2, 0) is 22.6 Å². The second-order valence-electron chi connectivity index (χ2n) is 6.04. The number of carbonyl (C=O) groups is 1. The van der Waals surface area contributed by atoms with Gasteiger partial charge in [0, 0.05) is 30.1 Å². The van der Waals surface area contributed by atoms with E-state index in [1.165, 1.54) is 6.26 Å². The summed E-state index contributed by atoms with van der Waals surface area (Å²) in [6, 6.07) is 13.8. The van der Waals surface area contributed by atoms with Crippen LogP contribution in [0.5, 0.6) is 0 Å². The van der Waals surface area contributed by atoms with Crippen molar-refractivity contribution >= 4 is 21.4 Å². The molecule has 0 saturated heterocycles. The van der Waals surface area contributed by atoms with E-state index in [1.807, 2.05) is 12.1 Å². The standard InChI is InChI=1S/C18H18N4O3S/c1-22-12-19-17(21-22)15-4-3-5-16(10-15)20-18(23)14-8-6-13(7-9-14)11-26(2,24)25/h3-10,12H,11H2,1-2H3,(H,20,23). The van der Waals surface area contributed by atoms with Crippen molar-refractivity contribution in [3.8, 4) is 11.4 Å². The van der Waals surface area contributed by atoms with Crippen LogP contribution in [0.2, 0.25) is 0 Å². The predicted octanol–water partition coefficient (Wildman–Crippen LogP) is 2.28. The van der Waals surface area contributed by atoms with Crippen molar-refractivity contribution in [3.63, 3.8) is 0 Å². The molecule has 3 rings (SSSR count). The van der Waals surface area contributed by atoms with Crippen molar-refractivity contribution in [2.24, 2.45) is 7.05 Å². The first-order valence-corrected chi connectivity index (χ1v) is 9.90. The molecule has 134 valence electrons. The van der Waals surface area contributed by atoms with E-state index in [9.17, 15) is 13.2 Å². The zero-order valence-electron chi connectivity index (χ0n) is 14.4. The number of benzene rings is 2. The van der Waals surface area contributed by atoms with Crippen LogP contribution < -0.4 is 5.32 Å². The number of aryl methyl sites for hydroxylation is 1. The topological polar surface area (TPSA) is 94.0 Å². The number of carbonyl (C=O) groups excluding carboxylic acids is 1. The summed E-state index contributed by atoms with van der Waals surface area (Å²) in [5.41, 5.74) is 2.52. The molecular weight excluding hydrogens is 352 g/mol. The monoisotopic (exact) mass is 370 g/mol. The van der Waals surface area contributed by atoms with Crippen molar-refractivity contribution in [1.29, 1.82) is 0 Å². The average molecular weight is 370 g/mol. The Bertz CT molecular complexity index is 1040. The number of aromatic nitrogens is 3. The highest BCUT2D eigenvalue weighted by molar-refractivity contribution is 7.89. The minimum Gasteiger partial charge on any atom is -0.322 e. The van der Waals surface area contributed by atoms with Gasteiger partial charge in [-0.25, -0.2) is 13.4 Å². The van der Waals surface area contributed by atoms with E-state index in [2.05, 4.69) is 15.4 Å². The summed E-state index contributed by atoms with van der Waals surface area (Å²) >= 11 is 0. The Morgan fingerprint density at radius 3 is 2.50 bits per heavy atom. The molecule has 0 unspecified atom stereocenters. The van der Waals surface area contributed by atoms with Crippen LogP contribution in [0.1, 0.15) is 15.9 Å². The Labute approximate surface area is 151 Å². The molecule has 0 saturated carbocycles. The first kappa shape index (κ1) is 17.8. The van der Waals surface area contributed by atoms with Crippen LogP contribution in [-0.4, -0.2) is 35.3 Å². The number of rotatable bonds is 5. The fourth-order valence-corrected chi connectivity index (χ4v) is 3.26. The summed E-state index contributed by atoms with van der Waals surface area (Å²) in [7, 11) is -1.32. The van der Waals surface area contributed by atoms with E-state index in [0.29, 0.717) is 22.6 Å². The third-order valence-corrected chi connectivity index (χ3v) is 4.48. The number of anilines is 1. The number of hydrogen-bond acceptors (Lipinski definition) is 5. The maximum atomic E-state index is 12.4. The van der Waals surface area contributed by atoms with Crippen LogP contribution >= 0.6 is 0 Å². The summed E-state index contributed by atoms with van der Waals surface area (Å²) in [5, 5.41) is 7.07. The van der Waals surface area contributed by atoms with Gasteiger partial charge in [0.2, 0.25) is 0 Å². The Kier molecular flexibility index (Phi) is 4.85. The molecule has 1 amide bonds. The van der Waals surface area contributed by atoms with Crippen LogP contribution in [0, 0.1) is 0 Å². The number of hydrogen-bond donors (Lipinski definition) is 1. The maximum Gasteiger partial charge on any atom is 0.255 e. The van der Waals surface area contributed by atoms with Gasteiger partial charge in [-0.05, 0) is 29.8 Å². The van der Waals surface area contributed by atoms with Gasteiger partial charge < -0.3 is 5.32 Å². The first-order chi connectivity index (χ1) is 12.3. The quantitative estimate of drug-likeness (QED) is 0.744. The second-order valence-corrected chi connectivity index (χ2v) is 8.18. The molecule has 2 aromatic carbocycles. The second kappa shape index (κ2) is 7.09. The lowest BCUT2D eigenvalue weighted by molar-refractivity contribution is 0.102. The smallest absolute Gasteiger partial charge is 0.255 e. The lowest BCUT2D eigenvalue weighted by atomic mass is 10.1. The highest BCUT2D eigenvalue weighted by Crippen LogP contribution is 2.19. The van der Waals surface area contributed by atoms with Crippen molar-refractivity contribution in [2.45, 2.75) is 5.75 Å². The lowest BCUT2D eigenvalue weighted by Crippen LogP contribution is -2.12. The number of nitrogens with one attached hydrogen (secondary N) is 1. The van der Waals surface area contributed by atoms with Gasteiger partial charge in [-0.15, -0.1) is 0 Å². The van der Waals surface area contributed by atoms with E-state index in [1.54, 1.807) is 54.5 Å². The molecule has 1 aromatic heterocycles. The fourth-order valence-electron chi connectivity index (χ4n) is 2.47. The molecule has 0 atom stereocenters. The normalized spacial score (nSPS) is 11.3. The van der Waals surface area contributed by atoms with Crippen molar-refractivity contribution in [1.82, 2.24) is 14.8 Å². The Hall–Kier alpha value is -3.00. The van der Waals surface area contributed by atoms with E-state index < -0.39 is 9.84 Å². The van der Waals surface area contributed by atoms with Gasteiger partial charge in [-0.3, -0.25) is 9.48 Å².